The van der Waals surface area contributed by atoms with Crippen LogP contribution in [-0.4, -0.2) is 45.3 Å². The molecule has 0 saturated carbocycles. The Hall–Kier alpha value is -2.08. The van der Waals surface area contributed by atoms with E-state index in [0.29, 0.717) is 31.0 Å². The minimum absolute atomic E-state index is 0.0835. The van der Waals surface area contributed by atoms with Crippen LogP contribution in [0.25, 0.3) is 0 Å². The van der Waals surface area contributed by atoms with E-state index in [-0.39, 0.29) is 12.5 Å². The molecule has 110 valence electrons. The van der Waals surface area contributed by atoms with Crippen molar-refractivity contribution in [2.75, 3.05) is 38.7 Å². The lowest BCUT2D eigenvalue weighted by atomic mass is 10.2. The summed E-state index contributed by atoms with van der Waals surface area (Å²) >= 11 is 0. The highest BCUT2D eigenvalue weighted by molar-refractivity contribution is 5.96. The molecule has 0 aliphatic heterocycles. The maximum atomic E-state index is 11.7. The molecule has 0 saturated heterocycles. The Morgan fingerprint density at radius 2 is 2.00 bits per heavy atom. The van der Waals surface area contributed by atoms with Gasteiger partial charge in [0.1, 0.15) is 0 Å². The lowest BCUT2D eigenvalue weighted by molar-refractivity contribution is -0.119. The number of para-hydroxylation sites is 1. The first-order valence-electron chi connectivity index (χ1n) is 6.44. The zero-order valence-corrected chi connectivity index (χ0v) is 11.8. The van der Waals surface area contributed by atoms with Crippen molar-refractivity contribution in [2.45, 2.75) is 6.92 Å². The Morgan fingerprint density at radius 1 is 1.25 bits per heavy atom. The molecule has 1 rings (SSSR count). The zero-order valence-electron chi connectivity index (χ0n) is 11.8. The highest BCUT2D eigenvalue weighted by Crippen LogP contribution is 2.15. The maximum Gasteiger partial charge on any atom is 0.340 e. The van der Waals surface area contributed by atoms with Crippen LogP contribution in [0.1, 0.15) is 17.3 Å². The van der Waals surface area contributed by atoms with Crippen LogP contribution in [0.3, 0.4) is 0 Å². The number of rotatable bonds is 8. The van der Waals surface area contributed by atoms with Gasteiger partial charge in [0, 0.05) is 19.3 Å². The summed E-state index contributed by atoms with van der Waals surface area (Å²) < 4.78 is 9.79. The molecule has 6 heteroatoms. The van der Waals surface area contributed by atoms with Gasteiger partial charge in [-0.3, -0.25) is 4.79 Å². The van der Waals surface area contributed by atoms with Crippen LogP contribution >= 0.6 is 0 Å². The number of methoxy groups -OCH3 is 1. The van der Waals surface area contributed by atoms with Crippen molar-refractivity contribution in [1.82, 2.24) is 5.32 Å². The molecule has 0 aromatic heterocycles. The number of benzene rings is 1. The SMILES string of the molecule is CCOC(=O)c1ccccc1NCC(=O)NCCOC. The third-order valence-corrected chi connectivity index (χ3v) is 2.49. The lowest BCUT2D eigenvalue weighted by Gasteiger charge is -2.11. The van der Waals surface area contributed by atoms with Crippen molar-refractivity contribution in [1.29, 1.82) is 0 Å². The molecule has 1 amide bonds. The van der Waals surface area contributed by atoms with Gasteiger partial charge in [-0.15, -0.1) is 0 Å². The Balaban J connectivity index is 2.55. The second-order valence-electron chi connectivity index (χ2n) is 3.96. The fourth-order valence-electron chi connectivity index (χ4n) is 1.55. The second-order valence-corrected chi connectivity index (χ2v) is 3.96. The highest BCUT2D eigenvalue weighted by atomic mass is 16.5. The van der Waals surface area contributed by atoms with E-state index in [1.165, 1.54) is 0 Å². The summed E-state index contributed by atoms with van der Waals surface area (Å²) in [6.07, 6.45) is 0. The number of hydrogen-bond donors (Lipinski definition) is 2. The van der Waals surface area contributed by atoms with Crippen molar-refractivity contribution in [3.63, 3.8) is 0 Å². The molecule has 0 aliphatic rings. The van der Waals surface area contributed by atoms with Gasteiger partial charge in [0.05, 0.1) is 25.3 Å². The predicted octanol–water partition coefficient (Wildman–Crippen LogP) is 1.04. The molecular weight excluding hydrogens is 260 g/mol. The molecule has 0 fully saturated rings. The predicted molar refractivity (Wildman–Crippen MR) is 75.8 cm³/mol. The van der Waals surface area contributed by atoms with Crippen LogP contribution in [0, 0.1) is 0 Å². The molecule has 1 aromatic carbocycles. The molecular formula is C14H20N2O4. The van der Waals surface area contributed by atoms with Gasteiger partial charge in [-0.2, -0.15) is 0 Å². The van der Waals surface area contributed by atoms with Gasteiger partial charge in [-0.05, 0) is 19.1 Å². The first-order valence-corrected chi connectivity index (χ1v) is 6.44. The average Bonchev–Trinajstić information content (AvgIpc) is 2.46. The van der Waals surface area contributed by atoms with E-state index in [2.05, 4.69) is 10.6 Å². The summed E-state index contributed by atoms with van der Waals surface area (Å²) in [6, 6.07) is 6.92. The van der Waals surface area contributed by atoms with Crippen LogP contribution in [0.4, 0.5) is 5.69 Å². The first-order chi connectivity index (χ1) is 9.69. The Kier molecular flexibility index (Phi) is 7.13. The molecule has 0 bridgehead atoms. The Labute approximate surface area is 118 Å². The number of esters is 1. The quantitative estimate of drug-likeness (QED) is 0.549. The minimum atomic E-state index is -0.407. The molecule has 0 unspecified atom stereocenters. The summed E-state index contributed by atoms with van der Waals surface area (Å²) in [4.78, 5) is 23.3. The number of carbonyl (C=O) groups is 2. The third-order valence-electron chi connectivity index (χ3n) is 2.49. The van der Waals surface area contributed by atoms with E-state index in [9.17, 15) is 9.59 Å². The molecule has 2 N–H and O–H groups in total. The molecule has 0 aliphatic carbocycles. The number of ether oxygens (including phenoxy) is 2. The highest BCUT2D eigenvalue weighted by Gasteiger charge is 2.12. The summed E-state index contributed by atoms with van der Waals surface area (Å²) in [5, 5.41) is 5.61. The van der Waals surface area contributed by atoms with Crippen LogP contribution < -0.4 is 10.6 Å². The normalized spacial score (nSPS) is 9.90. The monoisotopic (exact) mass is 280 g/mol. The molecule has 6 nitrogen and oxygen atoms in total. The summed E-state index contributed by atoms with van der Waals surface area (Å²) in [5.74, 6) is -0.573. The number of carbonyl (C=O) groups excluding carboxylic acids is 2. The van der Waals surface area contributed by atoms with Gasteiger partial charge in [0.15, 0.2) is 0 Å². The van der Waals surface area contributed by atoms with Gasteiger partial charge in [0.25, 0.3) is 0 Å². The first kappa shape index (κ1) is 16.0. The van der Waals surface area contributed by atoms with Crippen LogP contribution in [-0.2, 0) is 14.3 Å². The second kappa shape index (κ2) is 8.92. The van der Waals surface area contributed by atoms with E-state index in [1.807, 2.05) is 0 Å². The van der Waals surface area contributed by atoms with Crippen molar-refractivity contribution in [3.8, 4) is 0 Å². The van der Waals surface area contributed by atoms with Gasteiger partial charge < -0.3 is 20.1 Å². The molecule has 0 heterocycles. The molecule has 20 heavy (non-hydrogen) atoms. The number of hydrogen-bond acceptors (Lipinski definition) is 5. The molecule has 1 aromatic rings. The number of nitrogens with one attached hydrogen (secondary N) is 2. The van der Waals surface area contributed by atoms with E-state index in [0.717, 1.165) is 0 Å². The molecule has 0 atom stereocenters. The lowest BCUT2D eigenvalue weighted by Crippen LogP contribution is -2.32. The number of anilines is 1. The zero-order chi connectivity index (χ0) is 14.8. The molecule has 0 radical (unpaired) electrons. The smallest absolute Gasteiger partial charge is 0.340 e. The van der Waals surface area contributed by atoms with Crippen molar-refractivity contribution < 1.29 is 19.1 Å². The van der Waals surface area contributed by atoms with E-state index >= 15 is 0 Å². The van der Waals surface area contributed by atoms with Crippen molar-refractivity contribution in [2.24, 2.45) is 0 Å². The van der Waals surface area contributed by atoms with Gasteiger partial charge in [0.2, 0.25) is 5.91 Å². The van der Waals surface area contributed by atoms with Crippen molar-refractivity contribution in [3.05, 3.63) is 29.8 Å². The van der Waals surface area contributed by atoms with Crippen LogP contribution in [0.5, 0.6) is 0 Å². The summed E-state index contributed by atoms with van der Waals surface area (Å²) in [6.45, 7) is 3.06. The van der Waals surface area contributed by atoms with Gasteiger partial charge >= 0.3 is 5.97 Å². The summed E-state index contributed by atoms with van der Waals surface area (Å²) in [7, 11) is 1.57. The maximum absolute atomic E-state index is 11.7. The Morgan fingerprint density at radius 3 is 2.70 bits per heavy atom. The van der Waals surface area contributed by atoms with Crippen molar-refractivity contribution >= 4 is 17.6 Å². The molecule has 0 spiro atoms. The largest absolute Gasteiger partial charge is 0.462 e. The van der Waals surface area contributed by atoms with Gasteiger partial charge in [-0.1, -0.05) is 12.1 Å². The standard InChI is InChI=1S/C14H20N2O4/c1-3-20-14(18)11-6-4-5-7-12(11)16-10-13(17)15-8-9-19-2/h4-7,16H,3,8-10H2,1-2H3,(H,15,17). The van der Waals surface area contributed by atoms with E-state index in [4.69, 9.17) is 9.47 Å². The third kappa shape index (κ3) is 5.27. The van der Waals surface area contributed by atoms with E-state index < -0.39 is 5.97 Å². The fourth-order valence-corrected chi connectivity index (χ4v) is 1.55. The minimum Gasteiger partial charge on any atom is -0.462 e. The fraction of sp³-hybridized carbons (Fsp3) is 0.429. The van der Waals surface area contributed by atoms with Crippen LogP contribution in [0.15, 0.2) is 24.3 Å². The van der Waals surface area contributed by atoms with E-state index in [1.54, 1.807) is 38.3 Å². The average molecular weight is 280 g/mol. The van der Waals surface area contributed by atoms with Gasteiger partial charge in [-0.25, -0.2) is 4.79 Å². The summed E-state index contributed by atoms with van der Waals surface area (Å²) in [5.41, 5.74) is 0.992. The van der Waals surface area contributed by atoms with Crippen LogP contribution in [0.2, 0.25) is 0 Å². The Bertz CT molecular complexity index is 449. The topological polar surface area (TPSA) is 76.7 Å². The number of amides is 1.